The highest BCUT2D eigenvalue weighted by Crippen LogP contribution is 2.30. The highest BCUT2D eigenvalue weighted by atomic mass is 16.2. The molecule has 0 aliphatic carbocycles. The Labute approximate surface area is 139 Å². The molecule has 0 spiro atoms. The maximum atomic E-state index is 11.9. The lowest BCUT2D eigenvalue weighted by atomic mass is 10.1. The van der Waals surface area contributed by atoms with Crippen LogP contribution in [0.1, 0.15) is 24.7 Å². The number of fused-ring (bicyclic) bond motifs is 1. The molecular formula is C16H20N6O2. The van der Waals surface area contributed by atoms with Gasteiger partial charge in [-0.2, -0.15) is 5.10 Å². The topological polar surface area (TPSA) is 103 Å². The standard InChI is InChI=1S/C16H20N6O2/c1-11(23)22-8-6-12-9-13(4-5-14(12)22)20-16(24)17-7-2-3-15-18-10-19-21-15/h4-5,9-10H,2-3,6-8H2,1H3,(H2,17,20,24)(H,18,19,21). The predicted molar refractivity (Wildman–Crippen MR) is 89.9 cm³/mol. The molecule has 2 aromatic rings. The van der Waals surface area contributed by atoms with E-state index in [1.54, 1.807) is 11.8 Å². The Bertz CT molecular complexity index is 728. The molecule has 0 radical (unpaired) electrons. The number of aryl methyl sites for hydroxylation is 1. The van der Waals surface area contributed by atoms with Crippen molar-refractivity contribution in [2.45, 2.75) is 26.2 Å². The van der Waals surface area contributed by atoms with Crippen LogP contribution in [0.15, 0.2) is 24.5 Å². The molecule has 1 aliphatic heterocycles. The average molecular weight is 328 g/mol. The Morgan fingerprint density at radius 1 is 1.38 bits per heavy atom. The van der Waals surface area contributed by atoms with Crippen LogP contribution in [0.3, 0.4) is 0 Å². The molecule has 0 saturated heterocycles. The van der Waals surface area contributed by atoms with Crippen molar-refractivity contribution in [1.82, 2.24) is 20.5 Å². The second-order valence-electron chi connectivity index (χ2n) is 5.68. The molecule has 1 aromatic carbocycles. The van der Waals surface area contributed by atoms with Crippen LogP contribution in [0.5, 0.6) is 0 Å². The normalized spacial score (nSPS) is 12.8. The van der Waals surface area contributed by atoms with E-state index < -0.39 is 0 Å². The number of carbonyl (C=O) groups is 2. The number of hydrogen-bond donors (Lipinski definition) is 3. The van der Waals surface area contributed by atoms with Crippen LogP contribution in [0, 0.1) is 0 Å². The summed E-state index contributed by atoms with van der Waals surface area (Å²) in [4.78, 5) is 29.2. The average Bonchev–Trinajstić information content (AvgIpc) is 3.20. The molecule has 1 aliphatic rings. The number of aromatic nitrogens is 3. The van der Waals surface area contributed by atoms with E-state index in [1.807, 2.05) is 18.2 Å². The number of rotatable bonds is 5. The fraction of sp³-hybridized carbons (Fsp3) is 0.375. The second-order valence-corrected chi connectivity index (χ2v) is 5.68. The maximum absolute atomic E-state index is 11.9. The van der Waals surface area contributed by atoms with Crippen molar-refractivity contribution >= 4 is 23.3 Å². The third-order valence-corrected chi connectivity index (χ3v) is 3.95. The van der Waals surface area contributed by atoms with Crippen molar-refractivity contribution < 1.29 is 9.59 Å². The first-order chi connectivity index (χ1) is 11.6. The van der Waals surface area contributed by atoms with E-state index in [0.717, 1.165) is 42.0 Å². The van der Waals surface area contributed by atoms with Crippen LogP contribution in [-0.2, 0) is 17.6 Å². The van der Waals surface area contributed by atoms with Crippen LogP contribution in [0.4, 0.5) is 16.2 Å². The minimum atomic E-state index is -0.242. The zero-order valence-corrected chi connectivity index (χ0v) is 13.5. The lowest BCUT2D eigenvalue weighted by Gasteiger charge is -2.15. The summed E-state index contributed by atoms with van der Waals surface area (Å²) in [5, 5.41) is 12.2. The molecule has 3 amide bonds. The molecule has 3 rings (SSSR count). The summed E-state index contributed by atoms with van der Waals surface area (Å²) in [6.07, 6.45) is 3.79. The van der Waals surface area contributed by atoms with Crippen LogP contribution in [-0.4, -0.2) is 40.2 Å². The third-order valence-electron chi connectivity index (χ3n) is 3.95. The Morgan fingerprint density at radius 2 is 2.25 bits per heavy atom. The van der Waals surface area contributed by atoms with E-state index in [1.165, 1.54) is 6.33 Å². The summed E-state index contributed by atoms with van der Waals surface area (Å²) in [6.45, 7) is 2.81. The molecular weight excluding hydrogens is 308 g/mol. The largest absolute Gasteiger partial charge is 0.338 e. The molecule has 126 valence electrons. The first-order valence-corrected chi connectivity index (χ1v) is 7.93. The number of benzene rings is 1. The van der Waals surface area contributed by atoms with Gasteiger partial charge >= 0.3 is 6.03 Å². The fourth-order valence-electron chi connectivity index (χ4n) is 2.79. The lowest BCUT2D eigenvalue weighted by Crippen LogP contribution is -2.29. The van der Waals surface area contributed by atoms with Crippen molar-refractivity contribution in [3.05, 3.63) is 35.9 Å². The van der Waals surface area contributed by atoms with Gasteiger partial charge in [0.15, 0.2) is 0 Å². The Kier molecular flexibility index (Phi) is 4.74. The smallest absolute Gasteiger partial charge is 0.319 e. The number of anilines is 2. The van der Waals surface area contributed by atoms with Gasteiger partial charge in [-0.1, -0.05) is 0 Å². The molecule has 1 aromatic heterocycles. The van der Waals surface area contributed by atoms with E-state index in [9.17, 15) is 9.59 Å². The van der Waals surface area contributed by atoms with Gasteiger partial charge in [-0.05, 0) is 36.6 Å². The van der Waals surface area contributed by atoms with Crippen molar-refractivity contribution in [2.24, 2.45) is 0 Å². The highest BCUT2D eigenvalue weighted by Gasteiger charge is 2.22. The number of nitrogens with zero attached hydrogens (tertiary/aromatic N) is 3. The number of carbonyl (C=O) groups excluding carboxylic acids is 2. The summed E-state index contributed by atoms with van der Waals surface area (Å²) in [5.74, 6) is 0.852. The van der Waals surface area contributed by atoms with Crippen LogP contribution < -0.4 is 15.5 Å². The number of hydrogen-bond acceptors (Lipinski definition) is 4. The van der Waals surface area contributed by atoms with Gasteiger partial charge in [0.1, 0.15) is 12.2 Å². The molecule has 0 fully saturated rings. The van der Waals surface area contributed by atoms with Crippen molar-refractivity contribution in [3.8, 4) is 0 Å². The van der Waals surface area contributed by atoms with Gasteiger partial charge in [-0.25, -0.2) is 9.78 Å². The molecule has 0 atom stereocenters. The van der Waals surface area contributed by atoms with Crippen molar-refractivity contribution in [3.63, 3.8) is 0 Å². The molecule has 3 N–H and O–H groups in total. The quantitative estimate of drug-likeness (QED) is 0.723. The highest BCUT2D eigenvalue weighted by molar-refractivity contribution is 5.95. The first kappa shape index (κ1) is 16.0. The number of aromatic amines is 1. The predicted octanol–water partition coefficient (Wildman–Crippen LogP) is 1.47. The number of H-pyrrole nitrogens is 1. The monoisotopic (exact) mass is 328 g/mol. The first-order valence-electron chi connectivity index (χ1n) is 7.93. The van der Waals surface area contributed by atoms with Crippen LogP contribution in [0.2, 0.25) is 0 Å². The van der Waals surface area contributed by atoms with E-state index >= 15 is 0 Å². The van der Waals surface area contributed by atoms with Gasteiger partial charge in [0.05, 0.1) is 0 Å². The van der Waals surface area contributed by atoms with E-state index in [4.69, 9.17) is 0 Å². The van der Waals surface area contributed by atoms with Gasteiger partial charge in [-0.15, -0.1) is 0 Å². The van der Waals surface area contributed by atoms with Crippen LogP contribution >= 0.6 is 0 Å². The van der Waals surface area contributed by atoms with Crippen LogP contribution in [0.25, 0.3) is 0 Å². The Hall–Kier alpha value is -2.90. The summed E-state index contributed by atoms with van der Waals surface area (Å²) < 4.78 is 0. The van der Waals surface area contributed by atoms with Gasteiger partial charge in [-0.3, -0.25) is 9.89 Å². The number of urea groups is 1. The van der Waals surface area contributed by atoms with Gasteiger partial charge in [0, 0.05) is 37.8 Å². The number of amides is 3. The summed E-state index contributed by atoms with van der Waals surface area (Å²) in [7, 11) is 0. The number of nitrogens with one attached hydrogen (secondary N) is 3. The molecule has 2 heterocycles. The fourth-order valence-corrected chi connectivity index (χ4v) is 2.79. The van der Waals surface area contributed by atoms with Crippen molar-refractivity contribution in [2.75, 3.05) is 23.3 Å². The zero-order valence-electron chi connectivity index (χ0n) is 13.5. The van der Waals surface area contributed by atoms with Crippen molar-refractivity contribution in [1.29, 1.82) is 0 Å². The van der Waals surface area contributed by atoms with Gasteiger partial charge in [0.25, 0.3) is 0 Å². The SMILES string of the molecule is CC(=O)N1CCc2cc(NC(=O)NCCCc3ncn[nH]3)ccc21. The maximum Gasteiger partial charge on any atom is 0.319 e. The Morgan fingerprint density at radius 3 is 3.00 bits per heavy atom. The zero-order chi connectivity index (χ0) is 16.9. The minimum absolute atomic E-state index is 0.0407. The summed E-state index contributed by atoms with van der Waals surface area (Å²) >= 11 is 0. The molecule has 0 saturated carbocycles. The second kappa shape index (κ2) is 7.12. The Balaban J connectivity index is 1.47. The lowest BCUT2D eigenvalue weighted by molar-refractivity contribution is -0.116. The summed E-state index contributed by atoms with van der Waals surface area (Å²) in [6, 6.07) is 5.37. The third kappa shape index (κ3) is 3.70. The summed E-state index contributed by atoms with van der Waals surface area (Å²) in [5.41, 5.74) is 2.74. The molecule has 8 nitrogen and oxygen atoms in total. The van der Waals surface area contributed by atoms with Gasteiger partial charge < -0.3 is 15.5 Å². The molecule has 0 unspecified atom stereocenters. The van der Waals surface area contributed by atoms with Gasteiger partial charge in [0.2, 0.25) is 5.91 Å². The molecule has 0 bridgehead atoms. The molecule has 24 heavy (non-hydrogen) atoms. The van der Waals surface area contributed by atoms with E-state index in [2.05, 4.69) is 25.8 Å². The van der Waals surface area contributed by atoms with E-state index in [-0.39, 0.29) is 11.9 Å². The minimum Gasteiger partial charge on any atom is -0.338 e. The van der Waals surface area contributed by atoms with E-state index in [0.29, 0.717) is 13.1 Å². The molecule has 8 heteroatoms.